The summed E-state index contributed by atoms with van der Waals surface area (Å²) in [5, 5.41) is 17.9. The van der Waals surface area contributed by atoms with Gasteiger partial charge in [0.05, 0.1) is 22.1 Å². The molecule has 0 saturated heterocycles. The lowest BCUT2D eigenvalue weighted by Gasteiger charge is -2.20. The average Bonchev–Trinajstić information content (AvgIpc) is 3.53. The topological polar surface area (TPSA) is 106 Å². The maximum Gasteiger partial charge on any atom is 0.357 e. The van der Waals surface area contributed by atoms with Gasteiger partial charge in [-0.25, -0.2) is 9.48 Å². The second-order valence-electron chi connectivity index (χ2n) is 7.18. The number of para-hydroxylation sites is 1. The smallest absolute Gasteiger partial charge is 0.357 e. The van der Waals surface area contributed by atoms with Crippen LogP contribution in [0.1, 0.15) is 21.6 Å². The summed E-state index contributed by atoms with van der Waals surface area (Å²) in [5.74, 6) is -0.169. The Labute approximate surface area is 191 Å². The number of carbonyl (C=O) groups excluding carboxylic acids is 1. The summed E-state index contributed by atoms with van der Waals surface area (Å²) in [6.07, 6.45) is 0. The van der Waals surface area contributed by atoms with E-state index in [0.717, 1.165) is 4.88 Å². The van der Waals surface area contributed by atoms with Crippen molar-refractivity contribution in [3.63, 3.8) is 0 Å². The second kappa shape index (κ2) is 8.85. The Morgan fingerprint density at radius 3 is 2.79 bits per heavy atom. The number of rotatable bonds is 6. The van der Waals surface area contributed by atoms with E-state index in [2.05, 4.69) is 5.10 Å². The molecule has 10 heteroatoms. The molecule has 0 bridgehead atoms. The quantitative estimate of drug-likeness (QED) is 0.231. The Bertz CT molecular complexity index is 1320. The SMILES string of the molecule is O=C(OCc1cc([N+](=O)[O-])cc2c1OCOC2)c1cc(-c2cccs2)nn1-c1ccccc1. The normalized spacial score (nSPS) is 12.6. The molecular formula is C23H17N3O6S. The molecule has 0 fully saturated rings. The first-order chi connectivity index (χ1) is 16.1. The van der Waals surface area contributed by atoms with Crippen molar-refractivity contribution >= 4 is 23.0 Å². The molecule has 0 saturated carbocycles. The van der Waals surface area contributed by atoms with E-state index >= 15 is 0 Å². The highest BCUT2D eigenvalue weighted by Crippen LogP contribution is 2.33. The highest BCUT2D eigenvalue weighted by molar-refractivity contribution is 7.13. The summed E-state index contributed by atoms with van der Waals surface area (Å²) < 4.78 is 17.8. The van der Waals surface area contributed by atoms with Crippen LogP contribution in [0.5, 0.6) is 5.75 Å². The van der Waals surface area contributed by atoms with E-state index in [9.17, 15) is 14.9 Å². The molecular weight excluding hydrogens is 446 g/mol. The van der Waals surface area contributed by atoms with Crippen molar-refractivity contribution in [1.82, 2.24) is 9.78 Å². The predicted octanol–water partition coefficient (Wildman–Crippen LogP) is 4.73. The molecule has 2 aromatic heterocycles. The molecule has 4 aromatic rings. The van der Waals surface area contributed by atoms with Gasteiger partial charge >= 0.3 is 5.97 Å². The molecule has 0 aliphatic carbocycles. The van der Waals surface area contributed by atoms with Gasteiger partial charge in [-0.3, -0.25) is 10.1 Å². The van der Waals surface area contributed by atoms with Crippen molar-refractivity contribution in [2.45, 2.75) is 13.2 Å². The van der Waals surface area contributed by atoms with Gasteiger partial charge < -0.3 is 14.2 Å². The number of hydrogen-bond donors (Lipinski definition) is 0. The van der Waals surface area contributed by atoms with Gasteiger partial charge in [0.2, 0.25) is 0 Å². The van der Waals surface area contributed by atoms with E-state index in [1.807, 2.05) is 47.8 Å². The highest BCUT2D eigenvalue weighted by atomic mass is 32.1. The number of hydrogen-bond acceptors (Lipinski definition) is 8. The van der Waals surface area contributed by atoms with E-state index in [1.54, 1.807) is 6.07 Å². The number of ether oxygens (including phenoxy) is 3. The number of esters is 1. The largest absolute Gasteiger partial charge is 0.467 e. The summed E-state index contributed by atoms with van der Waals surface area (Å²) in [4.78, 5) is 24.8. The van der Waals surface area contributed by atoms with Gasteiger partial charge in [-0.15, -0.1) is 11.3 Å². The summed E-state index contributed by atoms with van der Waals surface area (Å²) in [6.45, 7) is 0.0107. The Kier molecular flexibility index (Phi) is 5.59. The third kappa shape index (κ3) is 4.21. The number of carbonyl (C=O) groups is 1. The van der Waals surface area contributed by atoms with Crippen LogP contribution in [0.2, 0.25) is 0 Å². The van der Waals surface area contributed by atoms with E-state index in [4.69, 9.17) is 14.2 Å². The predicted molar refractivity (Wildman–Crippen MR) is 119 cm³/mol. The second-order valence-corrected chi connectivity index (χ2v) is 8.12. The molecule has 9 nitrogen and oxygen atoms in total. The van der Waals surface area contributed by atoms with Crippen LogP contribution >= 0.6 is 11.3 Å². The molecule has 0 atom stereocenters. The summed E-state index contributed by atoms with van der Waals surface area (Å²) in [5.41, 5.74) is 2.42. The first kappa shape index (κ1) is 20.9. The van der Waals surface area contributed by atoms with Crippen molar-refractivity contribution in [3.8, 4) is 22.0 Å². The average molecular weight is 463 g/mol. The van der Waals surface area contributed by atoms with E-state index in [1.165, 1.54) is 28.2 Å². The molecule has 33 heavy (non-hydrogen) atoms. The van der Waals surface area contributed by atoms with Gasteiger partial charge in [0.15, 0.2) is 12.5 Å². The van der Waals surface area contributed by atoms with Crippen LogP contribution in [0.15, 0.2) is 66.0 Å². The number of non-ortho nitro benzene ring substituents is 1. The van der Waals surface area contributed by atoms with Crippen LogP contribution in [-0.2, 0) is 22.7 Å². The van der Waals surface area contributed by atoms with Gasteiger partial charge in [0.25, 0.3) is 5.69 Å². The lowest BCUT2D eigenvalue weighted by molar-refractivity contribution is -0.385. The highest BCUT2D eigenvalue weighted by Gasteiger charge is 2.24. The zero-order chi connectivity index (χ0) is 22.8. The minimum atomic E-state index is -0.610. The van der Waals surface area contributed by atoms with Crippen LogP contribution in [0.3, 0.4) is 0 Å². The van der Waals surface area contributed by atoms with Crippen molar-refractivity contribution in [1.29, 1.82) is 0 Å². The lowest BCUT2D eigenvalue weighted by atomic mass is 10.1. The van der Waals surface area contributed by atoms with Gasteiger partial charge in [0.1, 0.15) is 18.1 Å². The number of nitro benzene ring substituents is 1. The van der Waals surface area contributed by atoms with E-state index in [0.29, 0.717) is 28.3 Å². The van der Waals surface area contributed by atoms with Gasteiger partial charge in [-0.2, -0.15) is 5.10 Å². The zero-order valence-corrected chi connectivity index (χ0v) is 18.0. The first-order valence-electron chi connectivity index (χ1n) is 9.97. The van der Waals surface area contributed by atoms with Crippen molar-refractivity contribution in [2.75, 3.05) is 6.79 Å². The molecule has 0 N–H and O–H groups in total. The maximum atomic E-state index is 13.1. The summed E-state index contributed by atoms with van der Waals surface area (Å²) >= 11 is 1.51. The van der Waals surface area contributed by atoms with Crippen molar-refractivity contribution in [2.24, 2.45) is 0 Å². The number of benzene rings is 2. The minimum absolute atomic E-state index is 0.0245. The maximum absolute atomic E-state index is 13.1. The molecule has 5 rings (SSSR count). The number of aromatic nitrogens is 2. The van der Waals surface area contributed by atoms with Crippen LogP contribution in [0.4, 0.5) is 5.69 Å². The number of thiophene rings is 1. The molecule has 1 aliphatic heterocycles. The Hall–Kier alpha value is -4.02. The minimum Gasteiger partial charge on any atom is -0.467 e. The van der Waals surface area contributed by atoms with E-state index in [-0.39, 0.29) is 31.4 Å². The van der Waals surface area contributed by atoms with Crippen molar-refractivity contribution < 1.29 is 23.9 Å². The number of nitrogens with zero attached hydrogens (tertiary/aromatic N) is 3. The van der Waals surface area contributed by atoms with Gasteiger partial charge in [-0.1, -0.05) is 24.3 Å². The van der Waals surface area contributed by atoms with Crippen LogP contribution in [0, 0.1) is 10.1 Å². The number of nitro groups is 1. The molecule has 1 aliphatic rings. The lowest BCUT2D eigenvalue weighted by Crippen LogP contribution is -2.16. The third-order valence-electron chi connectivity index (χ3n) is 5.03. The van der Waals surface area contributed by atoms with Gasteiger partial charge in [-0.05, 0) is 23.6 Å². The Morgan fingerprint density at radius 2 is 2.03 bits per heavy atom. The monoisotopic (exact) mass is 463 g/mol. The van der Waals surface area contributed by atoms with Crippen molar-refractivity contribution in [3.05, 3.63) is 93.0 Å². The fraction of sp³-hybridized carbons (Fsp3) is 0.130. The van der Waals surface area contributed by atoms with E-state index < -0.39 is 10.9 Å². The molecule has 0 unspecified atom stereocenters. The zero-order valence-electron chi connectivity index (χ0n) is 17.2. The first-order valence-corrected chi connectivity index (χ1v) is 10.9. The fourth-order valence-corrected chi connectivity index (χ4v) is 4.23. The standard InChI is InChI=1S/C23H17N3O6S/c27-23(31-13-16-10-18(26(28)29)9-15-12-30-14-32-22(15)16)20-11-19(21-7-4-8-33-21)24-25(20)17-5-2-1-3-6-17/h1-11H,12-14H2. The third-order valence-corrected chi connectivity index (χ3v) is 5.93. The number of fused-ring (bicyclic) bond motifs is 1. The fourth-order valence-electron chi connectivity index (χ4n) is 3.55. The van der Waals surface area contributed by atoms with Crippen LogP contribution in [-0.4, -0.2) is 27.5 Å². The van der Waals surface area contributed by atoms with Gasteiger partial charge in [0, 0.05) is 29.3 Å². The van der Waals surface area contributed by atoms with Crippen LogP contribution in [0.25, 0.3) is 16.3 Å². The molecule has 3 heterocycles. The molecule has 2 aromatic carbocycles. The molecule has 0 radical (unpaired) electrons. The Balaban J connectivity index is 1.46. The molecule has 166 valence electrons. The Morgan fingerprint density at radius 1 is 1.18 bits per heavy atom. The molecule has 0 amide bonds. The molecule has 0 spiro atoms. The summed E-state index contributed by atoms with van der Waals surface area (Å²) in [7, 11) is 0. The summed E-state index contributed by atoms with van der Waals surface area (Å²) in [6, 6.07) is 17.5. The van der Waals surface area contributed by atoms with Crippen LogP contribution < -0.4 is 4.74 Å².